The maximum absolute atomic E-state index is 6.55. The van der Waals surface area contributed by atoms with Crippen molar-refractivity contribution in [2.45, 2.75) is 71.4 Å². The minimum Gasteiger partial charge on any atom is -0.325 e. The Hall–Kier alpha value is -0.830. The van der Waals surface area contributed by atoms with Gasteiger partial charge in [-0.2, -0.15) is 5.10 Å². The van der Waals surface area contributed by atoms with Gasteiger partial charge in [-0.3, -0.25) is 4.68 Å². The van der Waals surface area contributed by atoms with Gasteiger partial charge >= 0.3 is 0 Å². The Kier molecular flexibility index (Phi) is 3.54. The Morgan fingerprint density at radius 2 is 1.89 bits per heavy atom. The van der Waals surface area contributed by atoms with E-state index in [0.717, 1.165) is 25.0 Å². The number of nitrogens with two attached hydrogens (primary N) is 1. The molecule has 0 unspecified atom stereocenters. The molecule has 1 fully saturated rings. The number of hydrogen-bond acceptors (Lipinski definition) is 2. The second kappa shape index (κ2) is 4.69. The van der Waals surface area contributed by atoms with Crippen LogP contribution in [0.3, 0.4) is 0 Å². The molecule has 0 saturated heterocycles. The first-order valence-corrected chi connectivity index (χ1v) is 7.13. The SMILES string of the molecule is CC(C)n1ccc(CC2(N)CCC(C)(C)CC2)n1. The summed E-state index contributed by atoms with van der Waals surface area (Å²) in [4.78, 5) is 0. The zero-order valence-corrected chi connectivity index (χ0v) is 12.2. The number of aromatic nitrogens is 2. The van der Waals surface area contributed by atoms with Crippen LogP contribution in [0.1, 0.15) is 65.1 Å². The average Bonchev–Trinajstić information content (AvgIpc) is 2.72. The first kappa shape index (κ1) is 13.6. The van der Waals surface area contributed by atoms with Crippen LogP contribution in [-0.2, 0) is 6.42 Å². The van der Waals surface area contributed by atoms with Crippen LogP contribution >= 0.6 is 0 Å². The molecule has 0 radical (unpaired) electrons. The normalized spacial score (nSPS) is 22.3. The highest BCUT2D eigenvalue weighted by molar-refractivity contribution is 5.07. The zero-order valence-electron chi connectivity index (χ0n) is 12.2. The third-order valence-corrected chi connectivity index (χ3v) is 4.33. The predicted octanol–water partition coefficient (Wildman–Crippen LogP) is 3.30. The molecule has 0 amide bonds. The Balaban J connectivity index is 2.00. The predicted molar refractivity (Wildman–Crippen MR) is 75.5 cm³/mol. The highest BCUT2D eigenvalue weighted by atomic mass is 15.3. The summed E-state index contributed by atoms with van der Waals surface area (Å²) in [6, 6.07) is 2.55. The fourth-order valence-electron chi connectivity index (χ4n) is 2.72. The second-order valence-electron chi connectivity index (χ2n) is 7.08. The molecule has 0 bridgehead atoms. The summed E-state index contributed by atoms with van der Waals surface area (Å²) in [6.07, 6.45) is 7.69. The Morgan fingerprint density at radius 3 is 2.39 bits per heavy atom. The van der Waals surface area contributed by atoms with E-state index in [2.05, 4.69) is 45.1 Å². The van der Waals surface area contributed by atoms with E-state index in [0.29, 0.717) is 11.5 Å². The van der Waals surface area contributed by atoms with Crippen molar-refractivity contribution in [2.75, 3.05) is 0 Å². The van der Waals surface area contributed by atoms with Crippen LogP contribution in [0, 0.1) is 5.41 Å². The minimum atomic E-state index is -0.0360. The van der Waals surface area contributed by atoms with Gasteiger partial charge in [-0.05, 0) is 51.0 Å². The molecule has 2 N–H and O–H groups in total. The van der Waals surface area contributed by atoms with E-state index in [1.807, 2.05) is 4.68 Å². The van der Waals surface area contributed by atoms with Gasteiger partial charge in [0.25, 0.3) is 0 Å². The summed E-state index contributed by atoms with van der Waals surface area (Å²) in [5.41, 5.74) is 8.13. The molecule has 0 aliphatic heterocycles. The molecule has 0 aromatic carbocycles. The van der Waals surface area contributed by atoms with Crippen LogP contribution in [-0.4, -0.2) is 15.3 Å². The van der Waals surface area contributed by atoms with Crippen molar-refractivity contribution in [1.82, 2.24) is 9.78 Å². The zero-order chi connectivity index (χ0) is 13.4. The largest absolute Gasteiger partial charge is 0.325 e. The molecule has 3 nitrogen and oxygen atoms in total. The van der Waals surface area contributed by atoms with Crippen molar-refractivity contribution < 1.29 is 0 Å². The molecule has 0 atom stereocenters. The molecular formula is C15H27N3. The van der Waals surface area contributed by atoms with Gasteiger partial charge in [0.15, 0.2) is 0 Å². The first-order valence-electron chi connectivity index (χ1n) is 7.13. The topological polar surface area (TPSA) is 43.8 Å². The summed E-state index contributed by atoms with van der Waals surface area (Å²) >= 11 is 0. The van der Waals surface area contributed by atoms with Crippen LogP contribution < -0.4 is 5.73 Å². The van der Waals surface area contributed by atoms with E-state index >= 15 is 0 Å². The van der Waals surface area contributed by atoms with Crippen molar-refractivity contribution in [3.05, 3.63) is 18.0 Å². The minimum absolute atomic E-state index is 0.0360. The lowest BCUT2D eigenvalue weighted by molar-refractivity contribution is 0.163. The smallest absolute Gasteiger partial charge is 0.0643 e. The van der Waals surface area contributed by atoms with Crippen LogP contribution in [0.15, 0.2) is 12.3 Å². The molecule has 3 heteroatoms. The van der Waals surface area contributed by atoms with Crippen molar-refractivity contribution in [1.29, 1.82) is 0 Å². The van der Waals surface area contributed by atoms with Crippen molar-refractivity contribution in [3.8, 4) is 0 Å². The first-order chi connectivity index (χ1) is 8.30. The lowest BCUT2D eigenvalue weighted by atomic mass is 9.68. The molecule has 18 heavy (non-hydrogen) atoms. The molecule has 0 spiro atoms. The number of hydrogen-bond donors (Lipinski definition) is 1. The molecule has 1 aliphatic carbocycles. The Bertz CT molecular complexity index is 394. The van der Waals surface area contributed by atoms with Crippen molar-refractivity contribution in [3.63, 3.8) is 0 Å². The van der Waals surface area contributed by atoms with Gasteiger partial charge in [0.1, 0.15) is 0 Å². The fourth-order valence-corrected chi connectivity index (χ4v) is 2.72. The van der Waals surface area contributed by atoms with E-state index in [-0.39, 0.29) is 5.54 Å². The molecular weight excluding hydrogens is 222 g/mol. The number of nitrogens with zero attached hydrogens (tertiary/aromatic N) is 2. The molecule has 1 heterocycles. The quantitative estimate of drug-likeness (QED) is 0.893. The maximum Gasteiger partial charge on any atom is 0.0643 e. The lowest BCUT2D eigenvalue weighted by Crippen LogP contribution is -2.47. The Labute approximate surface area is 111 Å². The van der Waals surface area contributed by atoms with Crippen LogP contribution in [0.25, 0.3) is 0 Å². The van der Waals surface area contributed by atoms with Crippen molar-refractivity contribution >= 4 is 0 Å². The summed E-state index contributed by atoms with van der Waals surface area (Å²) in [5, 5.41) is 4.62. The maximum atomic E-state index is 6.55. The summed E-state index contributed by atoms with van der Waals surface area (Å²) in [6.45, 7) is 9.00. The summed E-state index contributed by atoms with van der Waals surface area (Å²) in [5.74, 6) is 0. The third-order valence-electron chi connectivity index (χ3n) is 4.33. The Morgan fingerprint density at radius 1 is 1.28 bits per heavy atom. The second-order valence-corrected chi connectivity index (χ2v) is 7.08. The molecule has 2 rings (SSSR count). The van der Waals surface area contributed by atoms with Gasteiger partial charge in [0.2, 0.25) is 0 Å². The number of rotatable bonds is 3. The highest BCUT2D eigenvalue weighted by Crippen LogP contribution is 2.40. The summed E-state index contributed by atoms with van der Waals surface area (Å²) in [7, 11) is 0. The van der Waals surface area contributed by atoms with Crippen molar-refractivity contribution in [2.24, 2.45) is 11.1 Å². The standard InChI is InChI=1S/C15H27N3/c1-12(2)18-10-5-13(17-18)11-15(16)8-6-14(3,4)7-9-15/h5,10,12H,6-9,11,16H2,1-4H3. The van der Waals surface area contributed by atoms with Gasteiger partial charge in [0, 0.05) is 24.2 Å². The van der Waals surface area contributed by atoms with E-state index in [9.17, 15) is 0 Å². The lowest BCUT2D eigenvalue weighted by Gasteiger charge is -2.41. The van der Waals surface area contributed by atoms with Gasteiger partial charge in [-0.15, -0.1) is 0 Å². The molecule has 1 aromatic rings. The van der Waals surface area contributed by atoms with E-state index in [1.54, 1.807) is 0 Å². The molecule has 1 saturated carbocycles. The van der Waals surface area contributed by atoms with E-state index in [4.69, 9.17) is 5.73 Å². The van der Waals surface area contributed by atoms with Crippen LogP contribution in [0.2, 0.25) is 0 Å². The summed E-state index contributed by atoms with van der Waals surface area (Å²) < 4.78 is 2.02. The van der Waals surface area contributed by atoms with Gasteiger partial charge < -0.3 is 5.73 Å². The van der Waals surface area contributed by atoms with Crippen LogP contribution in [0.4, 0.5) is 0 Å². The molecule has 1 aromatic heterocycles. The monoisotopic (exact) mass is 249 g/mol. The van der Waals surface area contributed by atoms with Gasteiger partial charge in [-0.1, -0.05) is 13.8 Å². The average molecular weight is 249 g/mol. The van der Waals surface area contributed by atoms with Crippen LogP contribution in [0.5, 0.6) is 0 Å². The van der Waals surface area contributed by atoms with Gasteiger partial charge in [-0.25, -0.2) is 0 Å². The van der Waals surface area contributed by atoms with Gasteiger partial charge in [0.05, 0.1) is 5.69 Å². The third kappa shape index (κ3) is 3.14. The molecule has 1 aliphatic rings. The van der Waals surface area contributed by atoms with E-state index in [1.165, 1.54) is 12.8 Å². The van der Waals surface area contributed by atoms with E-state index < -0.39 is 0 Å². The fraction of sp³-hybridized carbons (Fsp3) is 0.800. The molecule has 102 valence electrons. The highest BCUT2D eigenvalue weighted by Gasteiger charge is 2.35.